The SMILES string of the molecule is CC(C)NCc1cn(CCOC2CCOCC2)nn1. The smallest absolute Gasteiger partial charge is 0.0964 e. The Labute approximate surface area is 114 Å². The van der Waals surface area contributed by atoms with Crippen molar-refractivity contribution in [1.29, 1.82) is 0 Å². The molecule has 1 aromatic heterocycles. The number of hydrogen-bond donors (Lipinski definition) is 1. The molecule has 1 fully saturated rings. The van der Waals surface area contributed by atoms with Crippen molar-refractivity contribution in [3.8, 4) is 0 Å². The van der Waals surface area contributed by atoms with E-state index in [4.69, 9.17) is 9.47 Å². The molecule has 0 saturated carbocycles. The second kappa shape index (κ2) is 7.57. The lowest BCUT2D eigenvalue weighted by Gasteiger charge is -2.22. The third-order valence-electron chi connectivity index (χ3n) is 3.12. The quantitative estimate of drug-likeness (QED) is 0.798. The highest BCUT2D eigenvalue weighted by Gasteiger charge is 2.13. The number of aromatic nitrogens is 3. The molecule has 0 amide bonds. The lowest BCUT2D eigenvalue weighted by Crippen LogP contribution is -2.24. The number of nitrogens with one attached hydrogen (secondary N) is 1. The van der Waals surface area contributed by atoms with Gasteiger partial charge in [0.15, 0.2) is 0 Å². The zero-order valence-corrected chi connectivity index (χ0v) is 11.8. The van der Waals surface area contributed by atoms with Gasteiger partial charge in [0.2, 0.25) is 0 Å². The van der Waals surface area contributed by atoms with Gasteiger partial charge in [-0.1, -0.05) is 19.1 Å². The van der Waals surface area contributed by atoms with E-state index in [0.717, 1.165) is 44.8 Å². The molecule has 1 saturated heterocycles. The molecule has 6 nitrogen and oxygen atoms in total. The van der Waals surface area contributed by atoms with Gasteiger partial charge < -0.3 is 14.8 Å². The first-order chi connectivity index (χ1) is 9.24. The predicted octanol–water partition coefficient (Wildman–Crippen LogP) is 0.972. The van der Waals surface area contributed by atoms with Gasteiger partial charge in [-0.05, 0) is 12.8 Å². The maximum atomic E-state index is 5.81. The Morgan fingerprint density at radius 3 is 3.00 bits per heavy atom. The summed E-state index contributed by atoms with van der Waals surface area (Å²) in [5.74, 6) is 0. The molecule has 108 valence electrons. The molecule has 19 heavy (non-hydrogen) atoms. The summed E-state index contributed by atoms with van der Waals surface area (Å²) in [6, 6.07) is 0.460. The van der Waals surface area contributed by atoms with Crippen LogP contribution in [0.3, 0.4) is 0 Å². The molecule has 1 aliphatic rings. The van der Waals surface area contributed by atoms with Gasteiger partial charge in [-0.25, -0.2) is 4.68 Å². The molecule has 1 N–H and O–H groups in total. The fourth-order valence-corrected chi connectivity index (χ4v) is 1.99. The molecule has 0 spiro atoms. The molecule has 0 radical (unpaired) electrons. The number of hydrogen-bond acceptors (Lipinski definition) is 5. The highest BCUT2D eigenvalue weighted by atomic mass is 16.5. The van der Waals surface area contributed by atoms with E-state index >= 15 is 0 Å². The van der Waals surface area contributed by atoms with Crippen LogP contribution in [0, 0.1) is 0 Å². The van der Waals surface area contributed by atoms with Gasteiger partial charge in [0.05, 0.1) is 24.9 Å². The van der Waals surface area contributed by atoms with Crippen LogP contribution in [0.25, 0.3) is 0 Å². The van der Waals surface area contributed by atoms with Crippen LogP contribution in [0.15, 0.2) is 6.20 Å². The second-order valence-electron chi connectivity index (χ2n) is 5.19. The minimum atomic E-state index is 0.347. The largest absolute Gasteiger partial charge is 0.381 e. The molecule has 1 aliphatic heterocycles. The van der Waals surface area contributed by atoms with Gasteiger partial charge in [0, 0.05) is 32.0 Å². The highest BCUT2D eigenvalue weighted by molar-refractivity contribution is 4.91. The zero-order valence-electron chi connectivity index (χ0n) is 11.8. The summed E-state index contributed by atoms with van der Waals surface area (Å²) < 4.78 is 13.0. The fourth-order valence-electron chi connectivity index (χ4n) is 1.99. The van der Waals surface area contributed by atoms with E-state index in [0.29, 0.717) is 18.8 Å². The van der Waals surface area contributed by atoms with Crippen molar-refractivity contribution < 1.29 is 9.47 Å². The monoisotopic (exact) mass is 268 g/mol. The lowest BCUT2D eigenvalue weighted by molar-refractivity contribution is -0.0345. The summed E-state index contributed by atoms with van der Waals surface area (Å²) in [6.45, 7) is 8.08. The first-order valence-corrected chi connectivity index (χ1v) is 7.06. The third kappa shape index (κ3) is 5.26. The van der Waals surface area contributed by atoms with E-state index in [1.165, 1.54) is 0 Å². The van der Waals surface area contributed by atoms with Crippen molar-refractivity contribution in [2.45, 2.75) is 51.9 Å². The van der Waals surface area contributed by atoms with E-state index < -0.39 is 0 Å². The van der Waals surface area contributed by atoms with Crippen molar-refractivity contribution in [3.63, 3.8) is 0 Å². The van der Waals surface area contributed by atoms with E-state index in [1.54, 1.807) is 0 Å². The van der Waals surface area contributed by atoms with Crippen molar-refractivity contribution in [3.05, 3.63) is 11.9 Å². The van der Waals surface area contributed by atoms with Crippen molar-refractivity contribution in [2.24, 2.45) is 0 Å². The van der Waals surface area contributed by atoms with Gasteiger partial charge in [-0.15, -0.1) is 5.10 Å². The molecular weight excluding hydrogens is 244 g/mol. The Balaban J connectivity index is 1.65. The zero-order chi connectivity index (χ0) is 13.5. The molecule has 0 aromatic carbocycles. The maximum Gasteiger partial charge on any atom is 0.0964 e. The fraction of sp³-hybridized carbons (Fsp3) is 0.846. The summed E-state index contributed by atoms with van der Waals surface area (Å²) in [4.78, 5) is 0. The summed E-state index contributed by atoms with van der Waals surface area (Å²) >= 11 is 0. The van der Waals surface area contributed by atoms with E-state index in [9.17, 15) is 0 Å². The van der Waals surface area contributed by atoms with Crippen molar-refractivity contribution in [2.75, 3.05) is 19.8 Å². The number of rotatable bonds is 7. The van der Waals surface area contributed by atoms with Gasteiger partial charge in [0.25, 0.3) is 0 Å². The minimum absolute atomic E-state index is 0.347. The molecule has 0 bridgehead atoms. The van der Waals surface area contributed by atoms with Crippen molar-refractivity contribution in [1.82, 2.24) is 20.3 Å². The molecule has 2 heterocycles. The predicted molar refractivity (Wildman–Crippen MR) is 71.8 cm³/mol. The van der Waals surface area contributed by atoms with Crippen LogP contribution in [0.4, 0.5) is 0 Å². The topological polar surface area (TPSA) is 61.2 Å². The highest BCUT2D eigenvalue weighted by Crippen LogP contribution is 2.10. The van der Waals surface area contributed by atoms with E-state index in [2.05, 4.69) is 29.5 Å². The summed E-state index contributed by atoms with van der Waals surface area (Å²) in [7, 11) is 0. The molecule has 2 rings (SSSR count). The van der Waals surface area contributed by atoms with Crippen LogP contribution in [0.2, 0.25) is 0 Å². The molecule has 0 unspecified atom stereocenters. The second-order valence-corrected chi connectivity index (χ2v) is 5.19. The number of ether oxygens (including phenoxy) is 2. The molecule has 1 aromatic rings. The standard InChI is InChI=1S/C13H24N4O2/c1-11(2)14-9-12-10-17(16-15-12)5-8-19-13-3-6-18-7-4-13/h10-11,13-14H,3-9H2,1-2H3. The van der Waals surface area contributed by atoms with Crippen LogP contribution < -0.4 is 5.32 Å². The average molecular weight is 268 g/mol. The Morgan fingerprint density at radius 2 is 2.26 bits per heavy atom. The summed E-state index contributed by atoms with van der Waals surface area (Å²) in [5, 5.41) is 11.5. The normalized spacial score (nSPS) is 17.2. The van der Waals surface area contributed by atoms with Gasteiger partial charge in [0.1, 0.15) is 0 Å². The third-order valence-corrected chi connectivity index (χ3v) is 3.12. The van der Waals surface area contributed by atoms with Crippen LogP contribution >= 0.6 is 0 Å². The van der Waals surface area contributed by atoms with Crippen LogP contribution in [-0.4, -0.2) is 47.0 Å². The summed E-state index contributed by atoms with van der Waals surface area (Å²) in [6.07, 6.45) is 4.32. The first-order valence-electron chi connectivity index (χ1n) is 7.06. The maximum absolute atomic E-state index is 5.81. The Morgan fingerprint density at radius 1 is 1.47 bits per heavy atom. The molecular formula is C13H24N4O2. The van der Waals surface area contributed by atoms with Gasteiger partial charge >= 0.3 is 0 Å². The van der Waals surface area contributed by atoms with Gasteiger partial charge in [-0.2, -0.15) is 0 Å². The first kappa shape index (κ1) is 14.4. The minimum Gasteiger partial charge on any atom is -0.381 e. The molecule has 0 atom stereocenters. The van der Waals surface area contributed by atoms with Crippen molar-refractivity contribution >= 4 is 0 Å². The van der Waals surface area contributed by atoms with Crippen LogP contribution in [0.5, 0.6) is 0 Å². The average Bonchev–Trinajstić information content (AvgIpc) is 2.86. The Bertz CT molecular complexity index is 361. The van der Waals surface area contributed by atoms with Crippen LogP contribution in [0.1, 0.15) is 32.4 Å². The molecule has 6 heteroatoms. The van der Waals surface area contributed by atoms with Gasteiger partial charge in [-0.3, -0.25) is 0 Å². The van der Waals surface area contributed by atoms with E-state index in [-0.39, 0.29) is 0 Å². The molecule has 0 aliphatic carbocycles. The Kier molecular flexibility index (Phi) is 5.75. The van der Waals surface area contributed by atoms with E-state index in [1.807, 2.05) is 10.9 Å². The lowest BCUT2D eigenvalue weighted by atomic mass is 10.2. The number of nitrogens with zero attached hydrogens (tertiary/aromatic N) is 3. The summed E-state index contributed by atoms with van der Waals surface area (Å²) in [5.41, 5.74) is 0.972. The Hall–Kier alpha value is -0.980. The van der Waals surface area contributed by atoms with Crippen LogP contribution in [-0.2, 0) is 22.6 Å².